The van der Waals surface area contributed by atoms with Crippen molar-refractivity contribution in [3.8, 4) is 22.5 Å². The molecule has 0 unspecified atom stereocenters. The third kappa shape index (κ3) is 4.95. The van der Waals surface area contributed by atoms with Gasteiger partial charge in [-0.2, -0.15) is 0 Å². The highest BCUT2D eigenvalue weighted by Crippen LogP contribution is 2.45. The van der Waals surface area contributed by atoms with E-state index in [4.69, 9.17) is 4.98 Å². The van der Waals surface area contributed by atoms with Crippen molar-refractivity contribution in [2.45, 2.75) is 56.4 Å². The van der Waals surface area contributed by atoms with Crippen LogP contribution in [0.3, 0.4) is 0 Å². The van der Waals surface area contributed by atoms with Crippen molar-refractivity contribution in [2.75, 3.05) is 19.0 Å². The summed E-state index contributed by atoms with van der Waals surface area (Å²) >= 11 is 0. The minimum Gasteiger partial charge on any atom is -0.363 e. The third-order valence-electron chi connectivity index (χ3n) is 10.6. The molecule has 2 fully saturated rings. The second kappa shape index (κ2) is 11.6. The summed E-state index contributed by atoms with van der Waals surface area (Å²) in [4.78, 5) is 30.2. The zero-order chi connectivity index (χ0) is 33.2. The van der Waals surface area contributed by atoms with E-state index in [1.54, 1.807) is 6.07 Å². The zero-order valence-electron chi connectivity index (χ0n) is 27.9. The third-order valence-corrected chi connectivity index (χ3v) is 10.6. The van der Waals surface area contributed by atoms with Crippen molar-refractivity contribution >= 4 is 33.7 Å². The Labute approximate surface area is 279 Å². The van der Waals surface area contributed by atoms with E-state index in [1.807, 2.05) is 57.5 Å². The normalized spacial score (nSPS) is 16.0. The summed E-state index contributed by atoms with van der Waals surface area (Å²) in [5.41, 5.74) is 8.12. The van der Waals surface area contributed by atoms with Crippen LogP contribution in [0.4, 0.5) is 10.2 Å². The highest BCUT2D eigenvalue weighted by Gasteiger charge is 2.44. The number of nitrogens with one attached hydrogen (secondary N) is 1. The maximum atomic E-state index is 14.1. The summed E-state index contributed by atoms with van der Waals surface area (Å²) in [7, 11) is 8.03. The van der Waals surface area contributed by atoms with Gasteiger partial charge in [0.2, 0.25) is 0 Å². The van der Waals surface area contributed by atoms with Crippen LogP contribution in [0.25, 0.3) is 44.5 Å². The van der Waals surface area contributed by atoms with E-state index in [9.17, 15) is 9.18 Å². The number of anilines is 1. The van der Waals surface area contributed by atoms with Gasteiger partial charge in [0.05, 0.1) is 34.2 Å². The molecule has 6 aromatic rings. The molecule has 1 N–H and O–H groups in total. The molecule has 0 radical (unpaired) electrons. The largest absolute Gasteiger partial charge is 0.363 e. The standard InChI is InChI=1S/C39H40FN7O/c1-45(2)34-17-12-27(22-42-34)25-11-15-30-33(20-25)47(4)38(43-30)39(18-7-19-39)44-37(48)26-10-14-29-32(21-26)46(3)36(31-16-13-28(40)23-41-31)35(29)24-8-5-6-9-24/h10-17,20-24H,5-9,18-19H2,1-4H3,(H,44,48). The van der Waals surface area contributed by atoms with E-state index in [1.165, 1.54) is 30.7 Å². The van der Waals surface area contributed by atoms with E-state index >= 15 is 0 Å². The molecule has 0 bridgehead atoms. The molecule has 244 valence electrons. The van der Waals surface area contributed by atoms with Crippen LogP contribution in [0.1, 0.15) is 72.6 Å². The summed E-state index contributed by atoms with van der Waals surface area (Å²) < 4.78 is 18.1. The van der Waals surface area contributed by atoms with Gasteiger partial charge in [-0.15, -0.1) is 0 Å². The lowest BCUT2D eigenvalue weighted by molar-refractivity contribution is 0.0805. The Morgan fingerprint density at radius 3 is 2.33 bits per heavy atom. The van der Waals surface area contributed by atoms with Gasteiger partial charge in [-0.05, 0) is 97.7 Å². The molecule has 8 nitrogen and oxygen atoms in total. The number of aromatic nitrogens is 5. The van der Waals surface area contributed by atoms with Gasteiger partial charge < -0.3 is 19.4 Å². The van der Waals surface area contributed by atoms with Crippen molar-refractivity contribution in [1.29, 1.82) is 0 Å². The number of aryl methyl sites for hydroxylation is 2. The molecular formula is C39H40FN7O. The Morgan fingerprint density at radius 2 is 1.67 bits per heavy atom. The molecule has 2 saturated carbocycles. The highest BCUT2D eigenvalue weighted by atomic mass is 19.1. The van der Waals surface area contributed by atoms with E-state index in [0.717, 1.165) is 88.2 Å². The highest BCUT2D eigenvalue weighted by molar-refractivity contribution is 6.01. The first-order valence-electron chi connectivity index (χ1n) is 16.9. The number of halogens is 1. The van der Waals surface area contributed by atoms with Crippen LogP contribution in [0.15, 0.2) is 73.1 Å². The number of rotatable bonds is 7. The van der Waals surface area contributed by atoms with Crippen molar-refractivity contribution in [2.24, 2.45) is 14.1 Å². The van der Waals surface area contributed by atoms with Crippen LogP contribution in [-0.4, -0.2) is 44.1 Å². The summed E-state index contributed by atoms with van der Waals surface area (Å²) in [5, 5.41) is 4.56. The van der Waals surface area contributed by atoms with Crippen molar-refractivity contribution < 1.29 is 9.18 Å². The number of nitrogens with zero attached hydrogens (tertiary/aromatic N) is 6. The molecule has 1 amide bonds. The molecule has 2 aromatic carbocycles. The Kier molecular flexibility index (Phi) is 7.31. The number of hydrogen-bond donors (Lipinski definition) is 1. The van der Waals surface area contributed by atoms with Gasteiger partial charge >= 0.3 is 0 Å². The minimum absolute atomic E-state index is 0.110. The molecule has 2 aliphatic carbocycles. The number of carbonyl (C=O) groups excluding carboxylic acids is 1. The monoisotopic (exact) mass is 641 g/mol. The first kappa shape index (κ1) is 30.3. The topological polar surface area (TPSA) is 80.9 Å². The quantitative estimate of drug-likeness (QED) is 0.192. The van der Waals surface area contributed by atoms with Gasteiger partial charge in [0.15, 0.2) is 0 Å². The Balaban J connectivity index is 1.13. The lowest BCUT2D eigenvalue weighted by atomic mass is 9.75. The van der Waals surface area contributed by atoms with Crippen molar-refractivity contribution in [3.05, 3.63) is 95.8 Å². The lowest BCUT2D eigenvalue weighted by Crippen LogP contribution is -2.52. The average Bonchev–Trinajstić information content (AvgIpc) is 3.80. The number of carbonyl (C=O) groups is 1. The fourth-order valence-corrected chi connectivity index (χ4v) is 7.90. The fourth-order valence-electron chi connectivity index (χ4n) is 7.90. The number of imidazole rings is 1. The molecular weight excluding hydrogens is 601 g/mol. The van der Waals surface area contributed by atoms with Gasteiger partial charge in [0.1, 0.15) is 17.5 Å². The van der Waals surface area contributed by atoms with Gasteiger partial charge in [0, 0.05) is 56.4 Å². The van der Waals surface area contributed by atoms with Crippen LogP contribution in [0.2, 0.25) is 0 Å². The van der Waals surface area contributed by atoms with E-state index < -0.39 is 5.54 Å². The summed E-state index contributed by atoms with van der Waals surface area (Å²) in [6, 6.07) is 19.7. The van der Waals surface area contributed by atoms with Gasteiger partial charge in [-0.25, -0.2) is 14.4 Å². The number of fused-ring (bicyclic) bond motifs is 2. The maximum Gasteiger partial charge on any atom is 0.252 e. The second-order valence-electron chi connectivity index (χ2n) is 13.8. The van der Waals surface area contributed by atoms with Crippen LogP contribution < -0.4 is 10.2 Å². The number of hydrogen-bond acceptors (Lipinski definition) is 5. The Bertz CT molecular complexity index is 2170. The molecule has 0 spiro atoms. The number of pyridine rings is 2. The first-order valence-corrected chi connectivity index (χ1v) is 16.9. The molecule has 2 aliphatic rings. The molecule has 4 aromatic heterocycles. The summed E-state index contributed by atoms with van der Waals surface area (Å²) in [6.45, 7) is 0. The smallest absolute Gasteiger partial charge is 0.252 e. The first-order chi connectivity index (χ1) is 23.2. The average molecular weight is 642 g/mol. The molecule has 0 saturated heterocycles. The molecule has 0 aliphatic heterocycles. The molecule has 48 heavy (non-hydrogen) atoms. The zero-order valence-corrected chi connectivity index (χ0v) is 27.9. The summed E-state index contributed by atoms with van der Waals surface area (Å²) in [5.74, 6) is 1.75. The maximum absolute atomic E-state index is 14.1. The predicted octanol–water partition coefficient (Wildman–Crippen LogP) is 7.86. The van der Waals surface area contributed by atoms with Crippen LogP contribution in [-0.2, 0) is 19.6 Å². The molecule has 9 heteroatoms. The predicted molar refractivity (Wildman–Crippen MR) is 189 cm³/mol. The van der Waals surface area contributed by atoms with Crippen LogP contribution in [0.5, 0.6) is 0 Å². The molecule has 0 atom stereocenters. The Morgan fingerprint density at radius 1 is 0.875 bits per heavy atom. The SMILES string of the molecule is CN(C)c1ccc(-c2ccc3nc(C4(NC(=O)c5ccc6c(C7CCCC7)c(-c7ccc(F)cn7)n(C)c6c5)CCC4)n(C)c3c2)cn1. The minimum atomic E-state index is -0.540. The van der Waals surface area contributed by atoms with E-state index in [0.29, 0.717) is 11.5 Å². The van der Waals surface area contributed by atoms with E-state index in [-0.39, 0.29) is 11.7 Å². The van der Waals surface area contributed by atoms with Gasteiger partial charge in [-0.3, -0.25) is 9.78 Å². The lowest BCUT2D eigenvalue weighted by Gasteiger charge is -2.41. The van der Waals surface area contributed by atoms with Gasteiger partial charge in [-0.1, -0.05) is 25.0 Å². The summed E-state index contributed by atoms with van der Waals surface area (Å²) in [6.07, 6.45) is 10.5. The van der Waals surface area contributed by atoms with E-state index in [2.05, 4.69) is 54.8 Å². The van der Waals surface area contributed by atoms with Crippen LogP contribution in [0, 0.1) is 5.82 Å². The Hall–Kier alpha value is -5.05. The molecule has 8 rings (SSSR count). The van der Waals surface area contributed by atoms with Crippen LogP contribution >= 0.6 is 0 Å². The van der Waals surface area contributed by atoms with Crippen molar-refractivity contribution in [1.82, 2.24) is 29.4 Å². The van der Waals surface area contributed by atoms with Crippen molar-refractivity contribution in [3.63, 3.8) is 0 Å². The number of benzene rings is 2. The second-order valence-corrected chi connectivity index (χ2v) is 13.8. The molecule has 4 heterocycles. The number of amides is 1. The van der Waals surface area contributed by atoms with Gasteiger partial charge in [0.25, 0.3) is 5.91 Å². The fraction of sp³-hybridized carbons (Fsp3) is 0.333.